The monoisotopic (exact) mass is 153 g/mol. The van der Waals surface area contributed by atoms with Gasteiger partial charge in [0.15, 0.2) is 0 Å². The minimum Gasteiger partial charge on any atom is -0.314 e. The van der Waals surface area contributed by atoms with E-state index in [-0.39, 0.29) is 0 Å². The molecule has 2 rings (SSSR count). The third-order valence-corrected chi connectivity index (χ3v) is 3.29. The number of hydrogen-bond donors (Lipinski definition) is 1. The summed E-state index contributed by atoms with van der Waals surface area (Å²) in [7, 11) is 0. The summed E-state index contributed by atoms with van der Waals surface area (Å²) < 4.78 is 0. The summed E-state index contributed by atoms with van der Waals surface area (Å²) in [5, 5.41) is 3.65. The lowest BCUT2D eigenvalue weighted by atomic mass is 9.80. The van der Waals surface area contributed by atoms with E-state index >= 15 is 0 Å². The van der Waals surface area contributed by atoms with Gasteiger partial charge in [-0.15, -0.1) is 0 Å². The smallest absolute Gasteiger partial charge is 0.00722 e. The van der Waals surface area contributed by atoms with Crippen LogP contribution in [0, 0.1) is 11.8 Å². The summed E-state index contributed by atoms with van der Waals surface area (Å²) in [6, 6.07) is 0.880. The number of nitrogens with one attached hydrogen (secondary N) is 1. The second-order valence-electron chi connectivity index (χ2n) is 4.48. The molecule has 0 aliphatic heterocycles. The molecule has 2 aliphatic rings. The normalized spacial score (nSPS) is 37.9. The van der Waals surface area contributed by atoms with Crippen molar-refractivity contribution < 1.29 is 0 Å². The van der Waals surface area contributed by atoms with Gasteiger partial charge < -0.3 is 5.32 Å². The summed E-state index contributed by atoms with van der Waals surface area (Å²) in [4.78, 5) is 0. The molecule has 0 aromatic carbocycles. The second kappa shape index (κ2) is 3.14. The fourth-order valence-electron chi connectivity index (χ4n) is 2.10. The Balaban J connectivity index is 1.53. The zero-order valence-electron chi connectivity index (χ0n) is 7.47. The molecule has 0 aromatic rings. The van der Waals surface area contributed by atoms with E-state index in [4.69, 9.17) is 0 Å². The van der Waals surface area contributed by atoms with Crippen LogP contribution in [0.4, 0.5) is 0 Å². The van der Waals surface area contributed by atoms with E-state index in [9.17, 15) is 0 Å². The van der Waals surface area contributed by atoms with Gasteiger partial charge in [-0.1, -0.05) is 13.3 Å². The van der Waals surface area contributed by atoms with E-state index in [2.05, 4.69) is 12.2 Å². The first-order chi connectivity index (χ1) is 5.34. The van der Waals surface area contributed by atoms with Gasteiger partial charge in [-0.2, -0.15) is 0 Å². The standard InChI is InChI=1S/C10H19N/c1-8-5-10(6-8)11-7-9-3-2-4-9/h8-11H,2-7H2,1H3. The minimum absolute atomic E-state index is 0.880. The highest BCUT2D eigenvalue weighted by atomic mass is 14.9. The minimum atomic E-state index is 0.880. The molecule has 0 spiro atoms. The molecule has 2 aliphatic carbocycles. The maximum Gasteiger partial charge on any atom is 0.00722 e. The fourth-order valence-corrected chi connectivity index (χ4v) is 2.10. The molecule has 0 amide bonds. The van der Waals surface area contributed by atoms with Crippen LogP contribution in [-0.4, -0.2) is 12.6 Å². The molecule has 0 unspecified atom stereocenters. The molecule has 2 saturated carbocycles. The van der Waals surface area contributed by atoms with Crippen LogP contribution in [0.5, 0.6) is 0 Å². The van der Waals surface area contributed by atoms with Crippen LogP contribution in [-0.2, 0) is 0 Å². The zero-order chi connectivity index (χ0) is 7.68. The molecule has 11 heavy (non-hydrogen) atoms. The highest BCUT2D eigenvalue weighted by molar-refractivity contribution is 4.84. The van der Waals surface area contributed by atoms with Crippen LogP contribution in [0.2, 0.25) is 0 Å². The fraction of sp³-hybridized carbons (Fsp3) is 1.00. The highest BCUT2D eigenvalue weighted by Gasteiger charge is 2.26. The van der Waals surface area contributed by atoms with E-state index in [1.54, 1.807) is 0 Å². The van der Waals surface area contributed by atoms with Gasteiger partial charge in [0.05, 0.1) is 0 Å². The maximum atomic E-state index is 3.65. The van der Waals surface area contributed by atoms with Crippen LogP contribution in [0.3, 0.4) is 0 Å². The summed E-state index contributed by atoms with van der Waals surface area (Å²) in [6.45, 7) is 3.65. The van der Waals surface area contributed by atoms with Crippen molar-refractivity contribution in [1.82, 2.24) is 5.32 Å². The SMILES string of the molecule is CC1CC(NCC2CCC2)C1. The molecule has 1 N–H and O–H groups in total. The lowest BCUT2D eigenvalue weighted by molar-refractivity contribution is 0.209. The number of hydrogen-bond acceptors (Lipinski definition) is 1. The third-order valence-electron chi connectivity index (χ3n) is 3.29. The summed E-state index contributed by atoms with van der Waals surface area (Å²) in [6.07, 6.45) is 7.29. The molecular formula is C10H19N. The molecule has 2 fully saturated rings. The largest absolute Gasteiger partial charge is 0.314 e. The van der Waals surface area contributed by atoms with Crippen molar-refractivity contribution in [1.29, 1.82) is 0 Å². The van der Waals surface area contributed by atoms with Gasteiger partial charge in [0, 0.05) is 6.04 Å². The lowest BCUT2D eigenvalue weighted by Gasteiger charge is -2.36. The number of rotatable bonds is 3. The Bertz CT molecular complexity index is 123. The van der Waals surface area contributed by atoms with E-state index < -0.39 is 0 Å². The van der Waals surface area contributed by atoms with Crippen molar-refractivity contribution in [3.8, 4) is 0 Å². The molecular weight excluding hydrogens is 134 g/mol. The van der Waals surface area contributed by atoms with Crippen LogP contribution >= 0.6 is 0 Å². The first kappa shape index (κ1) is 7.60. The summed E-state index contributed by atoms with van der Waals surface area (Å²) in [5.41, 5.74) is 0. The van der Waals surface area contributed by atoms with Crippen molar-refractivity contribution in [3.05, 3.63) is 0 Å². The van der Waals surface area contributed by atoms with Crippen LogP contribution in [0.25, 0.3) is 0 Å². The van der Waals surface area contributed by atoms with Crippen LogP contribution < -0.4 is 5.32 Å². The van der Waals surface area contributed by atoms with Gasteiger partial charge >= 0.3 is 0 Å². The van der Waals surface area contributed by atoms with Crippen LogP contribution in [0.15, 0.2) is 0 Å². The molecule has 0 aromatic heterocycles. The molecule has 0 atom stereocenters. The molecule has 1 heteroatoms. The first-order valence-electron chi connectivity index (χ1n) is 5.08. The van der Waals surface area contributed by atoms with Gasteiger partial charge in [0.1, 0.15) is 0 Å². The predicted octanol–water partition coefficient (Wildman–Crippen LogP) is 2.17. The Labute approximate surface area is 69.6 Å². The highest BCUT2D eigenvalue weighted by Crippen LogP contribution is 2.29. The average molecular weight is 153 g/mol. The Hall–Kier alpha value is -0.0400. The van der Waals surface area contributed by atoms with E-state index in [0.29, 0.717) is 0 Å². The third kappa shape index (κ3) is 1.76. The van der Waals surface area contributed by atoms with Gasteiger partial charge in [-0.25, -0.2) is 0 Å². The summed E-state index contributed by atoms with van der Waals surface area (Å²) in [5.74, 6) is 2.03. The van der Waals surface area contributed by atoms with Crippen molar-refractivity contribution in [2.24, 2.45) is 11.8 Å². The van der Waals surface area contributed by atoms with Crippen molar-refractivity contribution >= 4 is 0 Å². The second-order valence-corrected chi connectivity index (χ2v) is 4.48. The summed E-state index contributed by atoms with van der Waals surface area (Å²) >= 11 is 0. The van der Waals surface area contributed by atoms with Gasteiger partial charge in [-0.3, -0.25) is 0 Å². The average Bonchev–Trinajstić information content (AvgIpc) is 1.80. The topological polar surface area (TPSA) is 12.0 Å². The van der Waals surface area contributed by atoms with Crippen molar-refractivity contribution in [3.63, 3.8) is 0 Å². The van der Waals surface area contributed by atoms with Gasteiger partial charge in [0.25, 0.3) is 0 Å². The lowest BCUT2D eigenvalue weighted by Crippen LogP contribution is -2.43. The van der Waals surface area contributed by atoms with E-state index in [1.807, 2.05) is 0 Å². The Morgan fingerprint density at radius 3 is 2.45 bits per heavy atom. The maximum absolute atomic E-state index is 3.65. The van der Waals surface area contributed by atoms with Gasteiger partial charge in [-0.05, 0) is 44.1 Å². The van der Waals surface area contributed by atoms with Gasteiger partial charge in [0.2, 0.25) is 0 Å². The van der Waals surface area contributed by atoms with Crippen LogP contribution in [0.1, 0.15) is 39.0 Å². The zero-order valence-corrected chi connectivity index (χ0v) is 7.47. The molecule has 1 nitrogen and oxygen atoms in total. The molecule has 0 heterocycles. The van der Waals surface area contributed by atoms with E-state index in [1.165, 1.54) is 38.6 Å². The Kier molecular flexibility index (Phi) is 2.17. The molecule has 0 saturated heterocycles. The van der Waals surface area contributed by atoms with Crippen molar-refractivity contribution in [2.45, 2.75) is 45.1 Å². The molecule has 0 bridgehead atoms. The quantitative estimate of drug-likeness (QED) is 0.655. The molecule has 64 valence electrons. The Morgan fingerprint density at radius 2 is 2.00 bits per heavy atom. The Morgan fingerprint density at radius 1 is 1.27 bits per heavy atom. The predicted molar refractivity (Wildman–Crippen MR) is 47.5 cm³/mol. The molecule has 0 radical (unpaired) electrons. The first-order valence-corrected chi connectivity index (χ1v) is 5.08. The van der Waals surface area contributed by atoms with E-state index in [0.717, 1.165) is 17.9 Å². The van der Waals surface area contributed by atoms with Crippen molar-refractivity contribution in [2.75, 3.05) is 6.54 Å².